The van der Waals surface area contributed by atoms with Crippen LogP contribution < -0.4 is 0 Å². The Hall–Kier alpha value is -7.26. The summed E-state index contributed by atoms with van der Waals surface area (Å²) in [6.45, 7) is 28.3. The molecule has 25 heteroatoms. The third-order valence-corrected chi connectivity index (χ3v) is 22.9. The first kappa shape index (κ1) is 95.2. The van der Waals surface area contributed by atoms with Gasteiger partial charge in [0.25, 0.3) is 3.79 Å². The molecule has 642 valence electrons. The van der Waals surface area contributed by atoms with E-state index in [1.807, 2.05) is 224 Å². The number of halogens is 3. The molecule has 4 saturated heterocycles. The highest BCUT2D eigenvalue weighted by molar-refractivity contribution is 6.76. The van der Waals surface area contributed by atoms with Gasteiger partial charge in [-0.3, -0.25) is 15.0 Å². The van der Waals surface area contributed by atoms with Gasteiger partial charge < -0.3 is 81.2 Å². The van der Waals surface area contributed by atoms with Crippen LogP contribution in [0.25, 0.3) is 0 Å². The van der Waals surface area contributed by atoms with Crippen LogP contribution in [-0.4, -0.2) is 162 Å². The minimum atomic E-state index is -1.99. The number of nitrogens with zero attached hydrogens (tertiary/aromatic N) is 2. The van der Waals surface area contributed by atoms with E-state index in [0.717, 1.165) is 71.9 Å². The van der Waals surface area contributed by atoms with E-state index in [9.17, 15) is 24.3 Å². The predicted octanol–water partition coefficient (Wildman–Crippen LogP) is 18.4. The highest BCUT2D eigenvalue weighted by atomic mass is 35.6. The van der Waals surface area contributed by atoms with Crippen LogP contribution in [0.4, 0.5) is 9.59 Å². The molecule has 22 nitrogen and oxygen atoms in total. The highest BCUT2D eigenvalue weighted by Crippen LogP contribution is 2.41. The van der Waals surface area contributed by atoms with E-state index in [0.29, 0.717) is 65.8 Å². The summed E-state index contributed by atoms with van der Waals surface area (Å²) >= 11 is 16.7. The molecular weight excluding hydrogens is 1560 g/mol. The number of hydrogen-bond acceptors (Lipinski definition) is 20. The minimum absolute atomic E-state index is 0.0178. The van der Waals surface area contributed by atoms with Crippen LogP contribution in [0, 0.1) is 52.8 Å². The monoisotopic (exact) mass is 1680 g/mol. The molecule has 2 N–H and O–H groups in total. The summed E-state index contributed by atoms with van der Waals surface area (Å²) in [4.78, 5) is 53.1. The Balaban J connectivity index is 0.000000242. The van der Waals surface area contributed by atoms with Gasteiger partial charge in [0.05, 0.1) is 63.1 Å². The average Bonchev–Trinajstić information content (AvgIpc) is 0.788. The van der Waals surface area contributed by atoms with E-state index in [1.165, 1.54) is 13.8 Å². The Labute approximate surface area is 707 Å². The second-order valence-electron chi connectivity index (χ2n) is 31.3. The Morgan fingerprint density at radius 3 is 1.13 bits per heavy atom. The molecule has 4 aliphatic rings. The van der Waals surface area contributed by atoms with Crippen LogP contribution >= 0.6 is 34.8 Å². The van der Waals surface area contributed by atoms with E-state index in [1.54, 1.807) is 9.80 Å². The number of hydrogen-bond donors (Lipinski definition) is 2. The first-order valence-electron chi connectivity index (χ1n) is 41.2. The van der Waals surface area contributed by atoms with Crippen molar-refractivity contribution in [2.45, 2.75) is 239 Å². The molecule has 6 aromatic rings. The molecule has 0 saturated carbocycles. The number of benzene rings is 6. The number of amides is 2. The van der Waals surface area contributed by atoms with Crippen molar-refractivity contribution in [1.29, 1.82) is 5.41 Å². The minimum Gasteiger partial charge on any atom is -0.457 e. The maximum atomic E-state index is 13.2. The van der Waals surface area contributed by atoms with E-state index >= 15 is 0 Å². The van der Waals surface area contributed by atoms with Crippen molar-refractivity contribution in [3.8, 4) is 0 Å². The molecule has 4 fully saturated rings. The molecule has 0 aliphatic carbocycles. The van der Waals surface area contributed by atoms with Gasteiger partial charge in [0.15, 0.2) is 31.1 Å². The number of unbranched alkanes of at least 4 members (excludes halogenated alkanes) is 4. The van der Waals surface area contributed by atoms with Crippen LogP contribution in [0.3, 0.4) is 0 Å². The van der Waals surface area contributed by atoms with Crippen molar-refractivity contribution in [2.75, 3.05) is 39.5 Å². The number of aliphatic hydroxyl groups excluding tert-OH is 1. The predicted molar refractivity (Wildman–Crippen MR) is 449 cm³/mol. The van der Waals surface area contributed by atoms with Gasteiger partial charge in [-0.05, 0) is 97.6 Å². The molecule has 10 rings (SSSR count). The van der Waals surface area contributed by atoms with Crippen molar-refractivity contribution in [3.63, 3.8) is 0 Å². The molecule has 20 atom stereocenters. The maximum Gasteiger partial charge on any atom is 0.410 e. The number of carbonyl (C=O) groups is 4. The zero-order valence-corrected chi connectivity index (χ0v) is 72.2. The van der Waals surface area contributed by atoms with Crippen LogP contribution in [0.1, 0.15) is 155 Å². The summed E-state index contributed by atoms with van der Waals surface area (Å²) in [6, 6.07) is 59.5. The lowest BCUT2D eigenvalue weighted by molar-refractivity contribution is -0.332. The molecule has 6 aromatic carbocycles. The summed E-state index contributed by atoms with van der Waals surface area (Å²) in [5, 5.41) is 18.4. The second-order valence-corrected chi connectivity index (χ2v) is 33.6. The zero-order chi connectivity index (χ0) is 84.4. The fourth-order valence-electron chi connectivity index (χ4n) is 14.6. The van der Waals surface area contributed by atoms with Gasteiger partial charge in [-0.15, -0.1) is 0 Å². The van der Waals surface area contributed by atoms with Crippen molar-refractivity contribution >= 4 is 64.8 Å². The van der Waals surface area contributed by atoms with Gasteiger partial charge in [-0.2, -0.15) is 0 Å². The quantitative estimate of drug-likeness (QED) is 0.00937. The number of alkyl halides is 3. The standard InChI is InChI=1S/C45H61NO9.C35H45NO6.C12H18Cl3NO4/c1-31-32(2)42(53-36(6)47)44(52-35(31)5)55-41-33(3)40(30-49-28-38-21-13-8-14-22-38)54-43(34(41)4)50-26-18-10-17-25-46(27-37-19-11-7-12-20-37)45(48)51-29-39-23-15-9-16-24-39;1-27-32(26-39-24-30-17-9-4-10-18-30)42-34(28(2)33(27)37)40-22-14-6-13-21-36(23-29-15-7-3-8-16-29)35(38)41-25-31-19-11-5-12-20-31;1-5-6(2)9(19-8(4)17)10(18-7(5)3)20-11(16)12(13,14)15/h7-9,11-16,19-24,31-35,40-44H,10,17-18,25-30H2,1-6H3;3-5,7-12,15-20,27-28,32-34,37H,6,13-14,21-26H2,1-2H3;5-7,9-10,16H,1-4H3/t31-,32+,33+,34?,35?,40?,41+,42?,43-,44+;27-,28?,32?,33-,34+;5-,6+,7?,9?,10?/m101/s1. The molecule has 0 spiro atoms. The highest BCUT2D eigenvalue weighted by Gasteiger charge is 2.50. The number of rotatable bonds is 35. The molecule has 0 radical (unpaired) electrons. The summed E-state index contributed by atoms with van der Waals surface area (Å²) in [6.07, 6.45) is -1.15. The number of esters is 2. The van der Waals surface area contributed by atoms with Gasteiger partial charge in [-0.1, -0.05) is 272 Å². The summed E-state index contributed by atoms with van der Waals surface area (Å²) in [7, 11) is 0. The van der Waals surface area contributed by atoms with Gasteiger partial charge in [0.2, 0.25) is 12.2 Å². The number of nitrogens with one attached hydrogen (secondary N) is 1. The Bertz CT molecular complexity index is 3830. The van der Waals surface area contributed by atoms with Gasteiger partial charge >= 0.3 is 24.1 Å². The van der Waals surface area contributed by atoms with E-state index in [2.05, 4.69) is 27.7 Å². The van der Waals surface area contributed by atoms with Crippen molar-refractivity contribution in [3.05, 3.63) is 215 Å². The molecule has 4 heterocycles. The lowest BCUT2D eigenvalue weighted by Gasteiger charge is -2.48. The lowest BCUT2D eigenvalue weighted by Crippen LogP contribution is -2.57. The Morgan fingerprint density at radius 2 is 0.744 bits per heavy atom. The fourth-order valence-corrected chi connectivity index (χ4v) is 14.7. The van der Waals surface area contributed by atoms with Crippen molar-refractivity contribution < 1.29 is 90.6 Å². The molecule has 4 aliphatic heterocycles. The largest absolute Gasteiger partial charge is 0.457 e. The van der Waals surface area contributed by atoms with Crippen LogP contribution in [0.2, 0.25) is 0 Å². The number of aliphatic hydroxyl groups is 1. The van der Waals surface area contributed by atoms with E-state index < -0.39 is 59.1 Å². The second kappa shape index (κ2) is 49.5. The molecule has 2 amide bonds. The van der Waals surface area contributed by atoms with Gasteiger partial charge in [0, 0.05) is 88.7 Å². The van der Waals surface area contributed by atoms with Crippen LogP contribution in [0.5, 0.6) is 0 Å². The topological polar surface area (TPSA) is 248 Å². The molecule has 0 bridgehead atoms. The Kier molecular flexibility index (Phi) is 40.3. The van der Waals surface area contributed by atoms with E-state index in [-0.39, 0.29) is 109 Å². The smallest absolute Gasteiger partial charge is 0.410 e. The zero-order valence-electron chi connectivity index (χ0n) is 69.9. The molecule has 0 aromatic heterocycles. The summed E-state index contributed by atoms with van der Waals surface area (Å²) in [5.41, 5.74) is 6.23. The molecular formula is C92H124Cl3N3O19. The normalized spacial score (nSPS) is 26.9. The SMILES string of the molecule is CC(=O)OC1C(OC(=N)C(Cl)(Cl)Cl)OC(C)[C@H](C)[C@@H]1C.CC(=O)OC1[C@H](O[C@@H]2C(C)[C@H](OCCCCCN(Cc3ccccc3)C(=O)OCc3ccccc3)OC(COCc3ccccc3)[C@@H]2C)OC(C)[C@H](C)[C@@H]1C.CC1[C@H](OCCCCCN(Cc2ccccc2)C(=O)OCc2ccccc2)OC(COCc2ccccc2)[C@H](C)[C@@H]1O. The lowest BCUT2D eigenvalue weighted by atomic mass is 9.83. The van der Waals surface area contributed by atoms with Gasteiger partial charge in [-0.25, -0.2) is 9.59 Å². The number of carbonyl (C=O) groups excluding carboxylic acids is 4. The first-order chi connectivity index (χ1) is 56.1. The average molecular weight is 1680 g/mol. The summed E-state index contributed by atoms with van der Waals surface area (Å²) < 4.78 is 81.9. The number of ether oxygens (including phenoxy) is 14. The van der Waals surface area contributed by atoms with Gasteiger partial charge in [0.1, 0.15) is 13.2 Å². The van der Waals surface area contributed by atoms with Crippen LogP contribution in [-0.2, 0) is 115 Å². The fraction of sp³-hybridized carbons (Fsp3) is 0.554. The van der Waals surface area contributed by atoms with Crippen molar-refractivity contribution in [1.82, 2.24) is 9.80 Å². The van der Waals surface area contributed by atoms with Crippen LogP contribution in [0.15, 0.2) is 182 Å². The molecule has 9 unspecified atom stereocenters. The van der Waals surface area contributed by atoms with E-state index in [4.69, 9.17) is 107 Å². The molecule has 117 heavy (non-hydrogen) atoms. The van der Waals surface area contributed by atoms with Crippen molar-refractivity contribution in [2.24, 2.45) is 47.3 Å². The Morgan fingerprint density at radius 1 is 0.393 bits per heavy atom. The maximum absolute atomic E-state index is 13.2. The third kappa shape index (κ3) is 31.4. The third-order valence-electron chi connectivity index (χ3n) is 22.4. The summed E-state index contributed by atoms with van der Waals surface area (Å²) in [5.74, 6) is -1.40. The first-order valence-corrected chi connectivity index (χ1v) is 42.4.